The molecule has 0 aliphatic heterocycles. The zero-order chi connectivity index (χ0) is 19.7. The summed E-state index contributed by atoms with van der Waals surface area (Å²) in [5.74, 6) is 0. The molecule has 0 fully saturated rings. The van der Waals surface area contributed by atoms with E-state index in [2.05, 4.69) is 31.0 Å². The van der Waals surface area contributed by atoms with Crippen molar-refractivity contribution in [3.8, 4) is 5.69 Å². The van der Waals surface area contributed by atoms with Gasteiger partial charge in [-0.3, -0.25) is 9.52 Å². The number of nitrogens with one attached hydrogen (secondary N) is 1. The van der Waals surface area contributed by atoms with Gasteiger partial charge in [-0.25, -0.2) is 8.42 Å². The summed E-state index contributed by atoms with van der Waals surface area (Å²) in [6.07, 6.45) is 0. The summed E-state index contributed by atoms with van der Waals surface area (Å²) in [7, 11) is -3.76. The van der Waals surface area contributed by atoms with Crippen LogP contribution in [0.25, 0.3) is 16.6 Å². The van der Waals surface area contributed by atoms with Gasteiger partial charge in [-0.15, -0.1) is 5.10 Å². The Morgan fingerprint density at radius 3 is 2.29 bits per heavy atom. The van der Waals surface area contributed by atoms with Gasteiger partial charge in [0.25, 0.3) is 15.6 Å². The van der Waals surface area contributed by atoms with Crippen LogP contribution < -0.4 is 10.3 Å². The molecule has 4 rings (SSSR count). The fraction of sp³-hybridized carbons (Fsp3) is 0. The van der Waals surface area contributed by atoms with Crippen LogP contribution in [0.1, 0.15) is 0 Å². The van der Waals surface area contributed by atoms with Crippen LogP contribution in [0.15, 0.2) is 87.0 Å². The van der Waals surface area contributed by atoms with Gasteiger partial charge in [0.05, 0.1) is 16.0 Å². The van der Waals surface area contributed by atoms with E-state index in [0.717, 1.165) is 9.15 Å². The van der Waals surface area contributed by atoms with E-state index in [4.69, 9.17) is 0 Å². The minimum Gasteiger partial charge on any atom is -0.280 e. The van der Waals surface area contributed by atoms with Crippen molar-refractivity contribution in [3.63, 3.8) is 0 Å². The van der Waals surface area contributed by atoms with E-state index >= 15 is 0 Å². The van der Waals surface area contributed by atoms with Gasteiger partial charge < -0.3 is 0 Å². The second-order valence-electron chi connectivity index (χ2n) is 5.93. The van der Waals surface area contributed by atoms with Crippen molar-refractivity contribution in [2.45, 2.75) is 4.90 Å². The molecule has 0 atom stereocenters. The van der Waals surface area contributed by atoms with Crippen molar-refractivity contribution in [1.82, 2.24) is 15.0 Å². The SMILES string of the molecule is O=c1c2ccccc2nnn1-c1ccc(S(=O)(=O)Nc2ccc(Br)cc2)cc1. The molecular weight excluding hydrogens is 444 g/mol. The Kier molecular flexibility index (Phi) is 4.70. The maximum absolute atomic E-state index is 12.6. The van der Waals surface area contributed by atoms with Crippen LogP contribution in [0.4, 0.5) is 5.69 Å². The highest BCUT2D eigenvalue weighted by atomic mass is 79.9. The molecule has 0 radical (unpaired) electrons. The molecule has 0 saturated carbocycles. The molecule has 140 valence electrons. The largest absolute Gasteiger partial charge is 0.282 e. The first-order valence-electron chi connectivity index (χ1n) is 8.18. The van der Waals surface area contributed by atoms with E-state index in [0.29, 0.717) is 22.3 Å². The number of anilines is 1. The third-order valence-corrected chi connectivity index (χ3v) is 5.98. The highest BCUT2D eigenvalue weighted by Crippen LogP contribution is 2.19. The number of rotatable bonds is 4. The molecule has 0 bridgehead atoms. The van der Waals surface area contributed by atoms with Gasteiger partial charge in [-0.1, -0.05) is 33.3 Å². The Balaban J connectivity index is 1.66. The van der Waals surface area contributed by atoms with Crippen molar-refractivity contribution in [1.29, 1.82) is 0 Å². The first-order valence-corrected chi connectivity index (χ1v) is 10.5. The van der Waals surface area contributed by atoms with Crippen LogP contribution in [-0.2, 0) is 10.0 Å². The normalized spacial score (nSPS) is 11.5. The number of benzene rings is 3. The van der Waals surface area contributed by atoms with Gasteiger partial charge in [0.15, 0.2) is 0 Å². The Morgan fingerprint density at radius 2 is 1.57 bits per heavy atom. The molecule has 7 nitrogen and oxygen atoms in total. The number of hydrogen-bond acceptors (Lipinski definition) is 5. The monoisotopic (exact) mass is 456 g/mol. The molecule has 0 aliphatic rings. The van der Waals surface area contributed by atoms with E-state index in [1.165, 1.54) is 24.3 Å². The molecule has 9 heteroatoms. The second kappa shape index (κ2) is 7.17. The summed E-state index contributed by atoms with van der Waals surface area (Å²) >= 11 is 3.30. The molecule has 0 unspecified atom stereocenters. The smallest absolute Gasteiger partial charge is 0.280 e. The summed E-state index contributed by atoms with van der Waals surface area (Å²) in [5.41, 5.74) is 1.05. The van der Waals surface area contributed by atoms with E-state index in [9.17, 15) is 13.2 Å². The molecular formula is C19H13BrN4O3S. The minimum absolute atomic E-state index is 0.0703. The zero-order valence-electron chi connectivity index (χ0n) is 14.3. The standard InChI is InChI=1S/C19H13BrN4O3S/c20-13-5-7-14(8-6-13)22-28(26,27)16-11-9-15(10-12-16)24-19(25)17-3-1-2-4-18(17)21-23-24/h1-12,22H. The van der Waals surface area contributed by atoms with Gasteiger partial charge >= 0.3 is 0 Å². The van der Waals surface area contributed by atoms with E-state index in [-0.39, 0.29) is 10.5 Å². The molecule has 4 aromatic rings. The molecule has 0 amide bonds. The van der Waals surface area contributed by atoms with Gasteiger partial charge in [0.1, 0.15) is 5.52 Å². The summed E-state index contributed by atoms with van der Waals surface area (Å²) in [6, 6.07) is 19.6. The predicted octanol–water partition coefficient (Wildman–Crippen LogP) is 3.34. The van der Waals surface area contributed by atoms with Crippen molar-refractivity contribution in [2.75, 3.05) is 4.72 Å². The number of aromatic nitrogens is 3. The summed E-state index contributed by atoms with van der Waals surface area (Å²) in [6.45, 7) is 0. The first kappa shape index (κ1) is 18.3. The number of sulfonamides is 1. The van der Waals surface area contributed by atoms with Gasteiger partial charge in [0, 0.05) is 10.2 Å². The third kappa shape index (κ3) is 3.54. The molecule has 0 saturated heterocycles. The van der Waals surface area contributed by atoms with Crippen LogP contribution in [0.5, 0.6) is 0 Å². The predicted molar refractivity (Wildman–Crippen MR) is 110 cm³/mol. The fourth-order valence-corrected chi connectivity index (χ4v) is 3.98. The number of fused-ring (bicyclic) bond motifs is 1. The number of halogens is 1. The Morgan fingerprint density at radius 1 is 0.893 bits per heavy atom. The summed E-state index contributed by atoms with van der Waals surface area (Å²) < 4.78 is 29.6. The molecule has 1 heterocycles. The molecule has 1 aromatic heterocycles. The number of nitrogens with zero attached hydrogens (tertiary/aromatic N) is 3. The maximum Gasteiger partial charge on any atom is 0.282 e. The summed E-state index contributed by atoms with van der Waals surface area (Å²) in [4.78, 5) is 12.7. The lowest BCUT2D eigenvalue weighted by Gasteiger charge is -2.09. The quantitative estimate of drug-likeness (QED) is 0.508. The Bertz CT molecular complexity index is 1320. The van der Waals surface area contributed by atoms with Crippen molar-refractivity contribution < 1.29 is 8.42 Å². The molecule has 0 aliphatic carbocycles. The van der Waals surface area contributed by atoms with Crippen LogP contribution in [0.2, 0.25) is 0 Å². The maximum atomic E-state index is 12.6. The molecule has 3 aromatic carbocycles. The second-order valence-corrected chi connectivity index (χ2v) is 8.53. The fourth-order valence-electron chi connectivity index (χ4n) is 2.66. The average Bonchev–Trinajstić information content (AvgIpc) is 2.70. The Labute approximate surface area is 168 Å². The average molecular weight is 457 g/mol. The molecule has 28 heavy (non-hydrogen) atoms. The van der Waals surface area contributed by atoms with Crippen molar-refractivity contribution in [3.05, 3.63) is 87.6 Å². The highest BCUT2D eigenvalue weighted by molar-refractivity contribution is 9.10. The topological polar surface area (TPSA) is 93.9 Å². The van der Waals surface area contributed by atoms with Gasteiger partial charge in [-0.2, -0.15) is 4.68 Å². The van der Waals surface area contributed by atoms with Crippen LogP contribution in [0, 0.1) is 0 Å². The Hall–Kier alpha value is -3.04. The zero-order valence-corrected chi connectivity index (χ0v) is 16.7. The van der Waals surface area contributed by atoms with E-state index in [1.54, 1.807) is 48.5 Å². The third-order valence-electron chi connectivity index (χ3n) is 4.06. The van der Waals surface area contributed by atoms with Crippen LogP contribution in [-0.4, -0.2) is 23.4 Å². The summed E-state index contributed by atoms with van der Waals surface area (Å²) in [5, 5.41) is 8.40. The lowest BCUT2D eigenvalue weighted by molar-refractivity contribution is 0.601. The van der Waals surface area contributed by atoms with E-state index in [1.807, 2.05) is 0 Å². The van der Waals surface area contributed by atoms with Crippen LogP contribution in [0.3, 0.4) is 0 Å². The first-order chi connectivity index (χ1) is 13.4. The van der Waals surface area contributed by atoms with Crippen molar-refractivity contribution in [2.24, 2.45) is 0 Å². The van der Waals surface area contributed by atoms with Gasteiger partial charge in [-0.05, 0) is 60.7 Å². The lowest BCUT2D eigenvalue weighted by atomic mass is 10.2. The molecule has 0 spiro atoms. The van der Waals surface area contributed by atoms with Crippen molar-refractivity contribution >= 4 is 42.5 Å². The van der Waals surface area contributed by atoms with E-state index < -0.39 is 10.0 Å². The molecule has 1 N–H and O–H groups in total. The van der Waals surface area contributed by atoms with Crippen LogP contribution >= 0.6 is 15.9 Å². The number of hydrogen-bond donors (Lipinski definition) is 1. The van der Waals surface area contributed by atoms with Gasteiger partial charge in [0.2, 0.25) is 0 Å². The highest BCUT2D eigenvalue weighted by Gasteiger charge is 2.15. The minimum atomic E-state index is -3.76. The lowest BCUT2D eigenvalue weighted by Crippen LogP contribution is -2.22.